The van der Waals surface area contributed by atoms with Gasteiger partial charge in [-0.2, -0.15) is 5.26 Å². The highest BCUT2D eigenvalue weighted by Gasteiger charge is 2.01. The van der Waals surface area contributed by atoms with E-state index in [0.29, 0.717) is 12.1 Å². The van der Waals surface area contributed by atoms with E-state index in [2.05, 4.69) is 11.4 Å². The molecular formula is C15H13ClN2. The average molecular weight is 257 g/mol. The smallest absolute Gasteiger partial charge is 0.0994 e. The Balaban J connectivity index is 2.10. The number of hydrogen-bond donors (Lipinski definition) is 1. The number of halogens is 1. The van der Waals surface area contributed by atoms with Crippen molar-refractivity contribution in [3.8, 4) is 6.07 Å². The van der Waals surface area contributed by atoms with Crippen molar-refractivity contribution in [1.29, 1.82) is 5.26 Å². The molecule has 2 aromatic carbocycles. The summed E-state index contributed by atoms with van der Waals surface area (Å²) < 4.78 is 0. The van der Waals surface area contributed by atoms with Gasteiger partial charge < -0.3 is 5.32 Å². The van der Waals surface area contributed by atoms with E-state index in [0.717, 1.165) is 21.8 Å². The highest BCUT2D eigenvalue weighted by Crippen LogP contribution is 2.18. The molecule has 0 bridgehead atoms. The zero-order valence-electron chi connectivity index (χ0n) is 10.1. The second-order valence-corrected chi connectivity index (χ2v) is 4.49. The number of benzene rings is 2. The van der Waals surface area contributed by atoms with Crippen LogP contribution in [0, 0.1) is 18.3 Å². The lowest BCUT2D eigenvalue weighted by molar-refractivity contribution is 1.15. The van der Waals surface area contributed by atoms with E-state index in [1.165, 1.54) is 0 Å². The normalized spacial score (nSPS) is 9.83. The van der Waals surface area contributed by atoms with Crippen molar-refractivity contribution >= 4 is 17.3 Å². The molecule has 0 atom stereocenters. The fourth-order valence-electron chi connectivity index (χ4n) is 1.74. The number of nitrogens with one attached hydrogen (secondary N) is 1. The lowest BCUT2D eigenvalue weighted by Crippen LogP contribution is -2.00. The largest absolute Gasteiger partial charge is 0.381 e. The Labute approximate surface area is 112 Å². The van der Waals surface area contributed by atoms with Crippen molar-refractivity contribution in [2.75, 3.05) is 5.32 Å². The molecule has 18 heavy (non-hydrogen) atoms. The molecule has 0 heterocycles. The van der Waals surface area contributed by atoms with Crippen LogP contribution in [0.4, 0.5) is 5.69 Å². The number of hydrogen-bond acceptors (Lipinski definition) is 2. The first kappa shape index (κ1) is 12.5. The van der Waals surface area contributed by atoms with Crippen LogP contribution in [0.3, 0.4) is 0 Å². The second-order valence-electron chi connectivity index (χ2n) is 4.09. The van der Waals surface area contributed by atoms with Crippen LogP contribution in [0.2, 0.25) is 5.02 Å². The maximum atomic E-state index is 8.87. The van der Waals surface area contributed by atoms with Crippen LogP contribution < -0.4 is 5.32 Å². The third-order valence-corrected chi connectivity index (χ3v) is 3.16. The second kappa shape index (κ2) is 5.57. The van der Waals surface area contributed by atoms with Crippen LogP contribution in [0.5, 0.6) is 0 Å². The first-order valence-corrected chi connectivity index (χ1v) is 6.06. The molecular weight excluding hydrogens is 244 g/mol. The first-order valence-electron chi connectivity index (χ1n) is 5.69. The molecule has 2 aromatic rings. The molecule has 0 saturated carbocycles. The molecule has 0 aliphatic rings. The number of nitrogens with zero attached hydrogens (tertiary/aromatic N) is 1. The Morgan fingerprint density at radius 3 is 2.67 bits per heavy atom. The zero-order valence-corrected chi connectivity index (χ0v) is 10.8. The molecule has 0 aromatic heterocycles. The summed E-state index contributed by atoms with van der Waals surface area (Å²) in [5.74, 6) is 0. The predicted octanol–water partition coefficient (Wildman–Crippen LogP) is 4.13. The van der Waals surface area contributed by atoms with Gasteiger partial charge >= 0.3 is 0 Å². The summed E-state index contributed by atoms with van der Waals surface area (Å²) in [5, 5.41) is 12.9. The summed E-state index contributed by atoms with van der Waals surface area (Å²) >= 11 is 6.09. The SMILES string of the molecule is Cc1cc(NCc2ccccc2Cl)ccc1C#N. The van der Waals surface area contributed by atoms with E-state index in [1.807, 2.05) is 49.4 Å². The fourth-order valence-corrected chi connectivity index (χ4v) is 1.94. The van der Waals surface area contributed by atoms with Crippen molar-refractivity contribution < 1.29 is 0 Å². The molecule has 2 rings (SSSR count). The quantitative estimate of drug-likeness (QED) is 0.896. The maximum absolute atomic E-state index is 8.87. The third kappa shape index (κ3) is 2.82. The van der Waals surface area contributed by atoms with Crippen LogP contribution in [0.25, 0.3) is 0 Å². The van der Waals surface area contributed by atoms with Crippen LogP contribution in [-0.4, -0.2) is 0 Å². The van der Waals surface area contributed by atoms with Crippen molar-refractivity contribution in [3.05, 3.63) is 64.2 Å². The molecule has 0 unspecified atom stereocenters. The topological polar surface area (TPSA) is 35.8 Å². The minimum Gasteiger partial charge on any atom is -0.381 e. The van der Waals surface area contributed by atoms with Gasteiger partial charge in [-0.3, -0.25) is 0 Å². The summed E-state index contributed by atoms with van der Waals surface area (Å²) in [5.41, 5.74) is 3.73. The molecule has 0 amide bonds. The van der Waals surface area contributed by atoms with Gasteiger partial charge in [0.2, 0.25) is 0 Å². The first-order chi connectivity index (χ1) is 8.70. The van der Waals surface area contributed by atoms with Crippen molar-refractivity contribution in [2.24, 2.45) is 0 Å². The minimum absolute atomic E-state index is 0.672. The molecule has 1 N–H and O–H groups in total. The Hall–Kier alpha value is -1.98. The summed E-state index contributed by atoms with van der Waals surface area (Å²) in [7, 11) is 0. The molecule has 0 saturated heterocycles. The minimum atomic E-state index is 0.672. The number of aryl methyl sites for hydroxylation is 1. The number of anilines is 1. The summed E-state index contributed by atoms with van der Waals surface area (Å²) in [6.07, 6.45) is 0. The Bertz CT molecular complexity index is 600. The van der Waals surface area contributed by atoms with Gasteiger partial charge in [0.25, 0.3) is 0 Å². The molecule has 90 valence electrons. The molecule has 0 aliphatic heterocycles. The predicted molar refractivity (Wildman–Crippen MR) is 74.7 cm³/mol. The third-order valence-electron chi connectivity index (χ3n) is 2.79. The van der Waals surface area contributed by atoms with Crippen LogP contribution in [0.1, 0.15) is 16.7 Å². The van der Waals surface area contributed by atoms with E-state index in [9.17, 15) is 0 Å². The standard InChI is InChI=1S/C15H13ClN2/c1-11-8-14(7-6-12(11)9-17)18-10-13-4-2-3-5-15(13)16/h2-8,18H,10H2,1H3. The molecule has 0 spiro atoms. The molecule has 0 aliphatic carbocycles. The van der Waals surface area contributed by atoms with E-state index in [1.54, 1.807) is 0 Å². The lowest BCUT2D eigenvalue weighted by Gasteiger charge is -2.09. The van der Waals surface area contributed by atoms with E-state index in [4.69, 9.17) is 16.9 Å². The van der Waals surface area contributed by atoms with Crippen LogP contribution in [0.15, 0.2) is 42.5 Å². The fraction of sp³-hybridized carbons (Fsp3) is 0.133. The van der Waals surface area contributed by atoms with Crippen molar-refractivity contribution in [1.82, 2.24) is 0 Å². The highest BCUT2D eigenvalue weighted by molar-refractivity contribution is 6.31. The van der Waals surface area contributed by atoms with Crippen LogP contribution in [-0.2, 0) is 6.54 Å². The monoisotopic (exact) mass is 256 g/mol. The summed E-state index contributed by atoms with van der Waals surface area (Å²) in [6, 6.07) is 15.6. The molecule has 3 heteroatoms. The van der Waals surface area contributed by atoms with Gasteiger partial charge in [-0.25, -0.2) is 0 Å². The van der Waals surface area contributed by atoms with E-state index < -0.39 is 0 Å². The zero-order chi connectivity index (χ0) is 13.0. The van der Waals surface area contributed by atoms with E-state index >= 15 is 0 Å². The van der Waals surface area contributed by atoms with Gasteiger partial charge in [-0.1, -0.05) is 29.8 Å². The number of rotatable bonds is 3. The Morgan fingerprint density at radius 1 is 1.22 bits per heavy atom. The van der Waals surface area contributed by atoms with Gasteiger partial charge in [-0.15, -0.1) is 0 Å². The van der Waals surface area contributed by atoms with Gasteiger partial charge in [0.15, 0.2) is 0 Å². The van der Waals surface area contributed by atoms with Crippen LogP contribution >= 0.6 is 11.6 Å². The van der Waals surface area contributed by atoms with E-state index in [-0.39, 0.29) is 0 Å². The van der Waals surface area contributed by atoms with Gasteiger partial charge in [0.1, 0.15) is 0 Å². The summed E-state index contributed by atoms with van der Waals surface area (Å²) in [4.78, 5) is 0. The maximum Gasteiger partial charge on any atom is 0.0994 e. The van der Waals surface area contributed by atoms with Crippen molar-refractivity contribution in [3.63, 3.8) is 0 Å². The molecule has 0 fully saturated rings. The molecule has 2 nitrogen and oxygen atoms in total. The Morgan fingerprint density at radius 2 is 2.00 bits per heavy atom. The highest BCUT2D eigenvalue weighted by atomic mass is 35.5. The summed E-state index contributed by atoms with van der Waals surface area (Å²) in [6.45, 7) is 2.60. The van der Waals surface area contributed by atoms with Gasteiger partial charge in [0, 0.05) is 17.3 Å². The van der Waals surface area contributed by atoms with Gasteiger partial charge in [0.05, 0.1) is 11.6 Å². The Kier molecular flexibility index (Phi) is 3.86. The molecule has 0 radical (unpaired) electrons. The number of nitriles is 1. The lowest BCUT2D eigenvalue weighted by atomic mass is 10.1. The van der Waals surface area contributed by atoms with Gasteiger partial charge in [-0.05, 0) is 42.3 Å². The van der Waals surface area contributed by atoms with Crippen molar-refractivity contribution in [2.45, 2.75) is 13.5 Å². The average Bonchev–Trinajstić information content (AvgIpc) is 2.38.